The van der Waals surface area contributed by atoms with E-state index in [1.165, 1.54) is 19.3 Å². The summed E-state index contributed by atoms with van der Waals surface area (Å²) in [6, 6.07) is 0. The fraction of sp³-hybridized carbons (Fsp3) is 0.700. The van der Waals surface area contributed by atoms with Gasteiger partial charge in [-0.3, -0.25) is 19.3 Å². The first-order valence-electron chi connectivity index (χ1n) is 12.5. The standard InChI is InChI=1S/3C10H17O2.Er/c3*1-7(2)8(11)6-9(12)10(3,4)5;/h3*6-7H,1-5H3;/q3*-1;+3. The average molecular weight is 675 g/mol. The van der Waals surface area contributed by atoms with Crippen LogP contribution in [0.25, 0.3) is 0 Å². The van der Waals surface area contributed by atoms with Gasteiger partial charge >= 0.3 is 37.3 Å². The van der Waals surface area contributed by atoms with Crippen LogP contribution in [0.5, 0.6) is 0 Å². The molecular weight excluding hydrogens is 624 g/mol. The summed E-state index contributed by atoms with van der Waals surface area (Å²) in [6.07, 6.45) is 3.64. The van der Waals surface area contributed by atoms with Crippen LogP contribution in [0.1, 0.15) is 104 Å². The Bertz CT molecular complexity index is 665. The Morgan fingerprint density at radius 3 is 0.622 bits per heavy atom. The summed E-state index contributed by atoms with van der Waals surface area (Å²) in [7, 11) is 0. The molecule has 0 saturated carbocycles. The van der Waals surface area contributed by atoms with Crippen molar-refractivity contribution in [3.05, 3.63) is 19.3 Å². The van der Waals surface area contributed by atoms with E-state index in [1.807, 2.05) is 0 Å². The Kier molecular flexibility index (Phi) is 21.1. The average Bonchev–Trinajstić information content (AvgIpc) is 2.66. The van der Waals surface area contributed by atoms with Gasteiger partial charge in [-0.1, -0.05) is 104 Å². The minimum absolute atomic E-state index is 0. The van der Waals surface area contributed by atoms with E-state index < -0.39 is 16.2 Å². The molecule has 0 aromatic heterocycles. The summed E-state index contributed by atoms with van der Waals surface area (Å²) in [4.78, 5) is 67.3. The number of Topliss-reactive ketones (excluding diaryl/α,β-unsaturated/α-hetero) is 6. The van der Waals surface area contributed by atoms with Crippen LogP contribution in [0.15, 0.2) is 0 Å². The van der Waals surface area contributed by atoms with Gasteiger partial charge in [-0.15, -0.1) is 0 Å². The summed E-state index contributed by atoms with van der Waals surface area (Å²) in [6.45, 7) is 27.0. The molecule has 0 amide bonds. The van der Waals surface area contributed by atoms with E-state index in [9.17, 15) is 28.8 Å². The maximum absolute atomic E-state index is 11.3. The van der Waals surface area contributed by atoms with Gasteiger partial charge in [0.05, 0.1) is 0 Å². The van der Waals surface area contributed by atoms with Crippen LogP contribution < -0.4 is 0 Å². The molecule has 0 aromatic rings. The minimum atomic E-state index is -0.440. The van der Waals surface area contributed by atoms with E-state index in [2.05, 4.69) is 0 Å². The Balaban J connectivity index is -0.000000218. The molecule has 6 nitrogen and oxygen atoms in total. The van der Waals surface area contributed by atoms with E-state index in [0.29, 0.717) is 0 Å². The van der Waals surface area contributed by atoms with Crippen molar-refractivity contribution < 1.29 is 66.1 Å². The van der Waals surface area contributed by atoms with Gasteiger partial charge in [0, 0.05) is 34.7 Å². The second kappa shape index (κ2) is 18.2. The molecule has 0 aliphatic carbocycles. The number of rotatable bonds is 9. The molecule has 37 heavy (non-hydrogen) atoms. The SMILES string of the molecule is CC(C)C(=O)[CH-]C(=O)C(C)(C)C.CC(C)C(=O)[CH-]C(=O)C(C)(C)C.CC(C)C(=O)[CH-]C(=O)C(C)(C)C.[Er+3]. The van der Waals surface area contributed by atoms with Gasteiger partial charge in [-0.25, -0.2) is 0 Å². The van der Waals surface area contributed by atoms with E-state index >= 15 is 0 Å². The molecule has 0 spiro atoms. The molecule has 0 rings (SSSR count). The van der Waals surface area contributed by atoms with Crippen molar-refractivity contribution in [1.82, 2.24) is 0 Å². The summed E-state index contributed by atoms with van der Waals surface area (Å²) in [5.41, 5.74) is -1.32. The topological polar surface area (TPSA) is 102 Å². The van der Waals surface area contributed by atoms with E-state index in [1.54, 1.807) is 104 Å². The third-order valence-corrected chi connectivity index (χ3v) is 4.74. The van der Waals surface area contributed by atoms with Crippen molar-refractivity contribution in [3.63, 3.8) is 0 Å². The van der Waals surface area contributed by atoms with Gasteiger partial charge in [0.1, 0.15) is 0 Å². The summed E-state index contributed by atoms with van der Waals surface area (Å²) in [5.74, 6) is -0.813. The normalized spacial score (nSPS) is 11.2. The molecule has 0 atom stereocenters. The zero-order valence-electron chi connectivity index (χ0n) is 25.7. The third kappa shape index (κ3) is 22.6. The first kappa shape index (κ1) is 42.9. The van der Waals surface area contributed by atoms with Gasteiger partial charge in [0.2, 0.25) is 0 Å². The van der Waals surface area contributed by atoms with Gasteiger partial charge in [0.15, 0.2) is 0 Å². The number of hydrogen-bond donors (Lipinski definition) is 0. The second-order valence-electron chi connectivity index (χ2n) is 12.9. The smallest absolute Gasteiger partial charge is 0.334 e. The zero-order chi connectivity index (χ0) is 29.8. The molecule has 0 saturated heterocycles. The molecule has 0 heterocycles. The minimum Gasteiger partial charge on any atom is -0.334 e. The fourth-order valence-corrected chi connectivity index (χ4v) is 1.54. The van der Waals surface area contributed by atoms with Crippen molar-refractivity contribution in [2.75, 3.05) is 0 Å². The molecule has 0 N–H and O–H groups in total. The van der Waals surface area contributed by atoms with Crippen LogP contribution in [-0.4, -0.2) is 34.7 Å². The van der Waals surface area contributed by atoms with Crippen molar-refractivity contribution in [2.24, 2.45) is 34.0 Å². The molecule has 0 aliphatic heterocycles. The number of ketones is 6. The molecule has 7 heteroatoms. The summed E-state index contributed by atoms with van der Waals surface area (Å²) in [5, 5.41) is 0. The van der Waals surface area contributed by atoms with Gasteiger partial charge < -0.3 is 28.8 Å². The van der Waals surface area contributed by atoms with Gasteiger partial charge in [0.25, 0.3) is 0 Å². The van der Waals surface area contributed by atoms with Crippen molar-refractivity contribution in [3.8, 4) is 0 Å². The van der Waals surface area contributed by atoms with Crippen LogP contribution in [0.4, 0.5) is 0 Å². The van der Waals surface area contributed by atoms with Crippen molar-refractivity contribution in [2.45, 2.75) is 104 Å². The predicted molar refractivity (Wildman–Crippen MR) is 146 cm³/mol. The number of carbonyl (C=O) groups is 6. The molecule has 219 valence electrons. The molecule has 0 fully saturated rings. The van der Waals surface area contributed by atoms with Crippen molar-refractivity contribution in [1.29, 1.82) is 0 Å². The van der Waals surface area contributed by atoms with E-state index in [4.69, 9.17) is 0 Å². The zero-order valence-corrected chi connectivity index (χ0v) is 27.6. The van der Waals surface area contributed by atoms with Gasteiger partial charge in [-0.2, -0.15) is 0 Å². The Morgan fingerprint density at radius 2 is 0.541 bits per heavy atom. The van der Waals surface area contributed by atoms with Crippen LogP contribution in [0.3, 0.4) is 0 Å². The van der Waals surface area contributed by atoms with Crippen molar-refractivity contribution >= 4 is 34.7 Å². The quantitative estimate of drug-likeness (QED) is 0.217. The first-order valence-corrected chi connectivity index (χ1v) is 12.5. The van der Waals surface area contributed by atoms with Crippen LogP contribution >= 0.6 is 0 Å². The maximum Gasteiger partial charge on any atom is 3.00 e. The van der Waals surface area contributed by atoms with Crippen LogP contribution in [0, 0.1) is 90.6 Å². The Labute approximate surface area is 256 Å². The molecule has 0 aliphatic rings. The maximum atomic E-state index is 11.3. The first-order chi connectivity index (χ1) is 15.7. The Hall–Kier alpha value is -1.12. The monoisotopic (exact) mass is 673 g/mol. The molecule has 1 radical (unpaired) electrons. The number of hydrogen-bond acceptors (Lipinski definition) is 6. The fourth-order valence-electron chi connectivity index (χ4n) is 1.54. The second-order valence-corrected chi connectivity index (χ2v) is 12.9. The molecule has 0 bridgehead atoms. The molecular formula is C30H51ErO6. The summed E-state index contributed by atoms with van der Waals surface area (Å²) < 4.78 is 0. The largest absolute Gasteiger partial charge is 3.00 e. The Morgan fingerprint density at radius 1 is 0.405 bits per heavy atom. The predicted octanol–water partition coefficient (Wildman–Crippen LogP) is 6.09. The third-order valence-electron chi connectivity index (χ3n) is 4.74. The van der Waals surface area contributed by atoms with E-state index in [-0.39, 0.29) is 89.8 Å². The summed E-state index contributed by atoms with van der Waals surface area (Å²) >= 11 is 0. The molecule has 0 unspecified atom stereocenters. The van der Waals surface area contributed by atoms with Crippen LogP contribution in [-0.2, 0) is 28.8 Å². The van der Waals surface area contributed by atoms with Gasteiger partial charge in [-0.05, 0) is 34.0 Å². The van der Waals surface area contributed by atoms with Crippen LogP contribution in [0.2, 0.25) is 0 Å². The van der Waals surface area contributed by atoms with E-state index in [0.717, 1.165) is 0 Å². The molecule has 0 aromatic carbocycles. The number of carbonyl (C=O) groups excluding carboxylic acids is 6.